The molecule has 0 saturated heterocycles. The van der Waals surface area contributed by atoms with Crippen LogP contribution < -0.4 is 0 Å². The Morgan fingerprint density at radius 3 is 2.62 bits per heavy atom. The number of carbonyl (C=O) groups is 1. The number of rotatable bonds is 3. The minimum atomic E-state index is -0.329. The average Bonchev–Trinajstić information content (AvgIpc) is 2.84. The maximum absolute atomic E-state index is 12.1. The summed E-state index contributed by atoms with van der Waals surface area (Å²) in [6.07, 6.45) is 0. The molecule has 5 heteroatoms. The summed E-state index contributed by atoms with van der Waals surface area (Å²) in [6.45, 7) is 8.24. The summed E-state index contributed by atoms with van der Waals surface area (Å²) in [7, 11) is 0. The van der Waals surface area contributed by atoms with Gasteiger partial charge in [-0.2, -0.15) is 0 Å². The van der Waals surface area contributed by atoms with Crippen molar-refractivity contribution in [2.45, 2.75) is 33.1 Å². The van der Waals surface area contributed by atoms with E-state index in [-0.39, 0.29) is 11.4 Å². The molecule has 0 aliphatic rings. The third-order valence-electron chi connectivity index (χ3n) is 2.96. The van der Waals surface area contributed by atoms with Crippen LogP contribution in [0.3, 0.4) is 0 Å². The molecule has 21 heavy (non-hydrogen) atoms. The Labute approximate surface area is 133 Å². The summed E-state index contributed by atoms with van der Waals surface area (Å²) >= 11 is 7.44. The fraction of sp³-hybridized carbons (Fsp3) is 0.375. The van der Waals surface area contributed by atoms with E-state index in [9.17, 15) is 4.79 Å². The molecular formula is C16H18ClNO2S. The third-order valence-corrected chi connectivity index (χ3v) is 4.06. The molecule has 2 heterocycles. The zero-order valence-electron chi connectivity index (χ0n) is 12.6. The molecule has 0 aliphatic carbocycles. The Hall–Kier alpha value is -1.39. The Bertz CT molecular complexity index is 659. The quantitative estimate of drug-likeness (QED) is 0.751. The summed E-state index contributed by atoms with van der Waals surface area (Å²) in [5.41, 5.74) is 2.79. The molecule has 112 valence electrons. The fourth-order valence-electron chi connectivity index (χ4n) is 2.01. The first kappa shape index (κ1) is 16.0. The number of hydrogen-bond acceptors (Lipinski definition) is 4. The van der Waals surface area contributed by atoms with Crippen LogP contribution in [0.15, 0.2) is 23.6 Å². The first-order chi connectivity index (χ1) is 9.82. The van der Waals surface area contributed by atoms with Crippen molar-refractivity contribution in [3.05, 3.63) is 39.2 Å². The summed E-state index contributed by atoms with van der Waals surface area (Å²) < 4.78 is 5.84. The molecule has 0 amide bonds. The smallest absolute Gasteiger partial charge is 0.340 e. The van der Waals surface area contributed by atoms with Crippen LogP contribution in [0.5, 0.6) is 0 Å². The van der Waals surface area contributed by atoms with E-state index in [0.29, 0.717) is 12.2 Å². The molecule has 0 radical (unpaired) electrons. The highest BCUT2D eigenvalue weighted by Gasteiger charge is 2.25. The van der Waals surface area contributed by atoms with Gasteiger partial charge in [-0.3, -0.25) is 4.98 Å². The monoisotopic (exact) mass is 323 g/mol. The zero-order valence-corrected chi connectivity index (χ0v) is 14.1. The highest BCUT2D eigenvalue weighted by Crippen LogP contribution is 2.31. The number of pyridine rings is 1. The summed E-state index contributed by atoms with van der Waals surface area (Å²) in [6, 6.07) is 5.50. The number of carbonyl (C=O) groups excluding carboxylic acids is 1. The van der Waals surface area contributed by atoms with Crippen molar-refractivity contribution in [2.75, 3.05) is 6.61 Å². The van der Waals surface area contributed by atoms with Crippen LogP contribution in [0.1, 0.15) is 43.7 Å². The fourth-order valence-corrected chi connectivity index (χ4v) is 2.88. The molecule has 0 fully saturated rings. The molecule has 2 aromatic rings. The first-order valence-corrected chi connectivity index (χ1v) is 8.01. The molecule has 0 spiro atoms. The number of thiophene rings is 1. The predicted molar refractivity (Wildman–Crippen MR) is 87.2 cm³/mol. The number of hydrogen-bond donors (Lipinski definition) is 0. The second-order valence-electron chi connectivity index (χ2n) is 5.70. The molecule has 0 unspecified atom stereocenters. The first-order valence-electron chi connectivity index (χ1n) is 6.76. The average molecular weight is 324 g/mol. The molecule has 0 atom stereocenters. The maximum Gasteiger partial charge on any atom is 0.340 e. The second-order valence-corrected chi connectivity index (χ2v) is 7.25. The van der Waals surface area contributed by atoms with E-state index in [1.807, 2.05) is 38.3 Å². The predicted octanol–water partition coefficient (Wildman–Crippen LogP) is 4.94. The highest BCUT2D eigenvalue weighted by molar-refractivity contribution is 7.14. The van der Waals surface area contributed by atoms with E-state index >= 15 is 0 Å². The number of ether oxygens (including phenoxy) is 1. The second kappa shape index (κ2) is 6.16. The van der Waals surface area contributed by atoms with E-state index in [1.54, 1.807) is 13.0 Å². The maximum atomic E-state index is 12.1. The molecule has 0 bridgehead atoms. The Morgan fingerprint density at radius 2 is 2.10 bits per heavy atom. The van der Waals surface area contributed by atoms with Crippen molar-refractivity contribution in [3.8, 4) is 11.3 Å². The van der Waals surface area contributed by atoms with Crippen LogP contribution in [0.4, 0.5) is 0 Å². The van der Waals surface area contributed by atoms with Gasteiger partial charge in [0.1, 0.15) is 0 Å². The van der Waals surface area contributed by atoms with Gasteiger partial charge in [0.2, 0.25) is 0 Å². The van der Waals surface area contributed by atoms with Gasteiger partial charge in [-0.15, -0.1) is 11.3 Å². The molecule has 2 aromatic heterocycles. The molecule has 0 aromatic carbocycles. The van der Waals surface area contributed by atoms with E-state index in [2.05, 4.69) is 4.98 Å². The van der Waals surface area contributed by atoms with Gasteiger partial charge in [-0.05, 0) is 25.1 Å². The van der Waals surface area contributed by atoms with E-state index < -0.39 is 0 Å². The lowest BCUT2D eigenvalue weighted by molar-refractivity contribution is 0.0523. The largest absolute Gasteiger partial charge is 0.462 e. The third kappa shape index (κ3) is 3.63. The molecule has 3 nitrogen and oxygen atoms in total. The van der Waals surface area contributed by atoms with Crippen LogP contribution in [-0.4, -0.2) is 17.6 Å². The van der Waals surface area contributed by atoms with Gasteiger partial charge in [0.05, 0.1) is 27.9 Å². The lowest BCUT2D eigenvalue weighted by Gasteiger charge is -2.21. The van der Waals surface area contributed by atoms with Crippen molar-refractivity contribution in [1.82, 2.24) is 4.98 Å². The van der Waals surface area contributed by atoms with Gasteiger partial charge < -0.3 is 4.74 Å². The van der Waals surface area contributed by atoms with Crippen molar-refractivity contribution in [3.63, 3.8) is 0 Å². The number of aromatic nitrogens is 1. The Kier molecular flexibility index (Phi) is 4.69. The van der Waals surface area contributed by atoms with Gasteiger partial charge >= 0.3 is 5.97 Å². The van der Waals surface area contributed by atoms with E-state index in [0.717, 1.165) is 21.3 Å². The molecule has 0 aliphatic heterocycles. The standard InChI is InChI=1S/C16H18ClNO2S/c1-5-20-15(19)11-6-7-12(10-8-13(17)21-9-10)18-14(11)16(2,3)4/h6-9H,5H2,1-4H3. The van der Waals surface area contributed by atoms with Crippen LogP contribution in [-0.2, 0) is 10.2 Å². The van der Waals surface area contributed by atoms with Crippen molar-refractivity contribution < 1.29 is 9.53 Å². The highest BCUT2D eigenvalue weighted by atomic mass is 35.5. The van der Waals surface area contributed by atoms with Crippen molar-refractivity contribution >= 4 is 28.9 Å². The summed E-state index contributed by atoms with van der Waals surface area (Å²) in [4.78, 5) is 16.8. The van der Waals surface area contributed by atoms with Crippen LogP contribution in [0.25, 0.3) is 11.3 Å². The minimum Gasteiger partial charge on any atom is -0.462 e. The van der Waals surface area contributed by atoms with E-state index in [4.69, 9.17) is 16.3 Å². The van der Waals surface area contributed by atoms with Crippen molar-refractivity contribution in [1.29, 1.82) is 0 Å². The lowest BCUT2D eigenvalue weighted by Crippen LogP contribution is -2.20. The van der Waals surface area contributed by atoms with Gasteiger partial charge in [-0.1, -0.05) is 32.4 Å². The normalized spacial score (nSPS) is 11.5. The van der Waals surface area contributed by atoms with Gasteiger partial charge in [0.15, 0.2) is 0 Å². The van der Waals surface area contributed by atoms with Crippen LogP contribution >= 0.6 is 22.9 Å². The van der Waals surface area contributed by atoms with Gasteiger partial charge in [-0.25, -0.2) is 4.79 Å². The van der Waals surface area contributed by atoms with Gasteiger partial charge in [0.25, 0.3) is 0 Å². The van der Waals surface area contributed by atoms with Crippen LogP contribution in [0, 0.1) is 0 Å². The molecule has 0 N–H and O–H groups in total. The Balaban J connectivity index is 2.52. The Morgan fingerprint density at radius 1 is 1.38 bits per heavy atom. The topological polar surface area (TPSA) is 39.2 Å². The SMILES string of the molecule is CCOC(=O)c1ccc(-c2csc(Cl)c2)nc1C(C)(C)C. The number of esters is 1. The molecular weight excluding hydrogens is 306 g/mol. The van der Waals surface area contributed by atoms with E-state index in [1.165, 1.54) is 11.3 Å². The molecule has 0 saturated carbocycles. The summed E-state index contributed by atoms with van der Waals surface area (Å²) in [5.74, 6) is -0.329. The number of nitrogens with zero attached hydrogens (tertiary/aromatic N) is 1. The van der Waals surface area contributed by atoms with Crippen molar-refractivity contribution in [2.24, 2.45) is 0 Å². The lowest BCUT2D eigenvalue weighted by atomic mass is 9.88. The zero-order chi connectivity index (χ0) is 15.6. The molecule has 2 rings (SSSR count). The van der Waals surface area contributed by atoms with Gasteiger partial charge in [0, 0.05) is 16.4 Å². The summed E-state index contributed by atoms with van der Waals surface area (Å²) in [5, 5.41) is 1.96. The van der Waals surface area contributed by atoms with Crippen LogP contribution in [0.2, 0.25) is 4.34 Å². The number of halogens is 1. The minimum absolute atomic E-state index is 0.252.